The van der Waals surface area contributed by atoms with Crippen LogP contribution < -0.4 is 0 Å². The molecule has 0 radical (unpaired) electrons. The van der Waals surface area contributed by atoms with Gasteiger partial charge in [-0.25, -0.2) is 0 Å². The molecular weight excluding hydrogens is 338 g/mol. The molecule has 2 heteroatoms. The standard InChI is InChI=1S/C24H19N.ClH/c1-4-12-20(13-5-1)24(21-14-6-2-7-15-21,22-16-8-3-9-17-22)23-18-10-11-19-25-23;/h1-19H;1H. The maximum absolute atomic E-state index is 4.78. The topological polar surface area (TPSA) is 12.9 Å². The van der Waals surface area contributed by atoms with E-state index in [-0.39, 0.29) is 12.4 Å². The molecule has 128 valence electrons. The molecule has 0 saturated heterocycles. The van der Waals surface area contributed by atoms with Crippen molar-refractivity contribution in [3.63, 3.8) is 0 Å². The molecule has 0 saturated carbocycles. The number of pyridine rings is 1. The molecule has 0 atom stereocenters. The van der Waals surface area contributed by atoms with E-state index in [1.54, 1.807) is 0 Å². The second-order valence-electron chi connectivity index (χ2n) is 6.06. The normalized spacial score (nSPS) is 10.8. The second kappa shape index (κ2) is 7.99. The fourth-order valence-electron chi connectivity index (χ4n) is 3.59. The van der Waals surface area contributed by atoms with Crippen molar-refractivity contribution in [3.8, 4) is 0 Å². The van der Waals surface area contributed by atoms with Crippen molar-refractivity contribution in [3.05, 3.63) is 138 Å². The third-order valence-electron chi connectivity index (χ3n) is 4.67. The molecule has 3 aromatic carbocycles. The average Bonchev–Trinajstić information content (AvgIpc) is 2.72. The van der Waals surface area contributed by atoms with Crippen LogP contribution in [0.2, 0.25) is 0 Å². The van der Waals surface area contributed by atoms with E-state index in [0.29, 0.717) is 0 Å². The van der Waals surface area contributed by atoms with Gasteiger partial charge in [-0.3, -0.25) is 4.98 Å². The number of nitrogens with zero attached hydrogens (tertiary/aromatic N) is 1. The SMILES string of the molecule is Cl.c1ccc(C(c2ccccc2)(c2ccccc2)c2ccccn2)cc1. The summed E-state index contributed by atoms with van der Waals surface area (Å²) < 4.78 is 0. The first-order valence-corrected chi connectivity index (χ1v) is 8.50. The second-order valence-corrected chi connectivity index (χ2v) is 6.06. The molecule has 0 N–H and O–H groups in total. The molecule has 0 amide bonds. The van der Waals surface area contributed by atoms with E-state index >= 15 is 0 Å². The van der Waals surface area contributed by atoms with E-state index in [1.165, 1.54) is 16.7 Å². The summed E-state index contributed by atoms with van der Waals surface area (Å²) in [6, 6.07) is 38.0. The fourth-order valence-corrected chi connectivity index (χ4v) is 3.59. The lowest BCUT2D eigenvalue weighted by Gasteiger charge is -2.35. The molecule has 1 heterocycles. The van der Waals surface area contributed by atoms with Gasteiger partial charge in [0.25, 0.3) is 0 Å². The molecule has 26 heavy (non-hydrogen) atoms. The van der Waals surface area contributed by atoms with E-state index in [1.807, 2.05) is 12.3 Å². The highest BCUT2D eigenvalue weighted by molar-refractivity contribution is 5.85. The summed E-state index contributed by atoms with van der Waals surface area (Å²) in [4.78, 5) is 4.78. The zero-order chi connectivity index (χ0) is 17.0. The van der Waals surface area contributed by atoms with Gasteiger partial charge >= 0.3 is 0 Å². The van der Waals surface area contributed by atoms with Gasteiger partial charge in [-0.05, 0) is 28.8 Å². The molecule has 0 unspecified atom stereocenters. The maximum Gasteiger partial charge on any atom is 0.0873 e. The largest absolute Gasteiger partial charge is 0.260 e. The quantitative estimate of drug-likeness (QED) is 0.415. The highest BCUT2D eigenvalue weighted by Gasteiger charge is 2.39. The van der Waals surface area contributed by atoms with E-state index < -0.39 is 5.41 Å². The molecule has 4 rings (SSSR count). The molecule has 1 aromatic heterocycles. The fraction of sp³-hybridized carbons (Fsp3) is 0.0417. The summed E-state index contributed by atoms with van der Waals surface area (Å²) in [5.41, 5.74) is 4.23. The molecule has 0 spiro atoms. The first kappa shape index (κ1) is 17.9. The Bertz CT molecular complexity index is 759. The molecule has 0 aliphatic heterocycles. The summed E-state index contributed by atoms with van der Waals surface area (Å²) in [7, 11) is 0. The summed E-state index contributed by atoms with van der Waals surface area (Å²) in [5, 5.41) is 0. The number of rotatable bonds is 4. The van der Waals surface area contributed by atoms with E-state index in [2.05, 4.69) is 103 Å². The van der Waals surface area contributed by atoms with Crippen LogP contribution in [0.25, 0.3) is 0 Å². The van der Waals surface area contributed by atoms with E-state index in [4.69, 9.17) is 4.98 Å². The van der Waals surface area contributed by atoms with Crippen LogP contribution in [0.5, 0.6) is 0 Å². The van der Waals surface area contributed by atoms with Gasteiger partial charge < -0.3 is 0 Å². The minimum Gasteiger partial charge on any atom is -0.260 e. The predicted octanol–water partition coefficient (Wildman–Crippen LogP) is 5.89. The number of aromatic nitrogens is 1. The maximum atomic E-state index is 4.78. The highest BCUT2D eigenvalue weighted by atomic mass is 35.5. The third-order valence-corrected chi connectivity index (χ3v) is 4.67. The average molecular weight is 358 g/mol. The van der Waals surface area contributed by atoms with Crippen molar-refractivity contribution in [2.45, 2.75) is 5.41 Å². The molecule has 0 fully saturated rings. The number of hydrogen-bond acceptors (Lipinski definition) is 1. The van der Waals surface area contributed by atoms with Crippen LogP contribution in [-0.2, 0) is 5.41 Å². The summed E-state index contributed by atoms with van der Waals surface area (Å²) >= 11 is 0. The lowest BCUT2D eigenvalue weighted by Crippen LogP contribution is -2.31. The van der Waals surface area contributed by atoms with Gasteiger partial charge in [0.1, 0.15) is 0 Å². The zero-order valence-electron chi connectivity index (χ0n) is 14.3. The third kappa shape index (κ3) is 3.02. The van der Waals surface area contributed by atoms with Crippen LogP contribution in [0.3, 0.4) is 0 Å². The minimum atomic E-state index is -0.439. The number of benzene rings is 3. The van der Waals surface area contributed by atoms with Gasteiger partial charge in [-0.2, -0.15) is 0 Å². The van der Waals surface area contributed by atoms with Crippen LogP contribution in [0, 0.1) is 0 Å². The van der Waals surface area contributed by atoms with Crippen molar-refractivity contribution >= 4 is 12.4 Å². The van der Waals surface area contributed by atoms with E-state index in [9.17, 15) is 0 Å². The van der Waals surface area contributed by atoms with Crippen LogP contribution in [0.4, 0.5) is 0 Å². The Kier molecular flexibility index (Phi) is 5.50. The van der Waals surface area contributed by atoms with Crippen molar-refractivity contribution < 1.29 is 0 Å². The Morgan fingerprint density at radius 2 is 0.846 bits per heavy atom. The van der Waals surface area contributed by atoms with Gasteiger partial charge in [-0.1, -0.05) is 97.1 Å². The molecule has 1 nitrogen and oxygen atoms in total. The lowest BCUT2D eigenvalue weighted by molar-refractivity contribution is 0.714. The van der Waals surface area contributed by atoms with Crippen molar-refractivity contribution in [1.29, 1.82) is 0 Å². The minimum absolute atomic E-state index is 0. The first-order valence-electron chi connectivity index (χ1n) is 8.50. The molecule has 0 bridgehead atoms. The Hall–Kier alpha value is -2.90. The van der Waals surface area contributed by atoms with E-state index in [0.717, 1.165) is 5.69 Å². The molecule has 4 aromatic rings. The van der Waals surface area contributed by atoms with Gasteiger partial charge in [-0.15, -0.1) is 12.4 Å². The summed E-state index contributed by atoms with van der Waals surface area (Å²) in [6.45, 7) is 0. The monoisotopic (exact) mass is 357 g/mol. The van der Waals surface area contributed by atoms with Crippen LogP contribution in [0.15, 0.2) is 115 Å². The Morgan fingerprint density at radius 1 is 0.462 bits per heavy atom. The van der Waals surface area contributed by atoms with Gasteiger partial charge in [0, 0.05) is 6.20 Å². The van der Waals surface area contributed by atoms with Crippen molar-refractivity contribution in [2.24, 2.45) is 0 Å². The Balaban J connectivity index is 0.00000196. The Labute approximate surface area is 160 Å². The van der Waals surface area contributed by atoms with Gasteiger partial charge in [0.2, 0.25) is 0 Å². The van der Waals surface area contributed by atoms with Gasteiger partial charge in [0.05, 0.1) is 11.1 Å². The van der Waals surface area contributed by atoms with Crippen LogP contribution >= 0.6 is 12.4 Å². The first-order chi connectivity index (χ1) is 12.4. The predicted molar refractivity (Wildman–Crippen MR) is 110 cm³/mol. The Morgan fingerprint density at radius 3 is 1.19 bits per heavy atom. The van der Waals surface area contributed by atoms with Gasteiger partial charge in [0.15, 0.2) is 0 Å². The lowest BCUT2D eigenvalue weighted by atomic mass is 9.67. The molecular formula is C24H20ClN. The molecule has 0 aliphatic rings. The van der Waals surface area contributed by atoms with Crippen molar-refractivity contribution in [1.82, 2.24) is 4.98 Å². The summed E-state index contributed by atoms with van der Waals surface area (Å²) in [5.74, 6) is 0. The zero-order valence-corrected chi connectivity index (χ0v) is 15.1. The number of hydrogen-bond donors (Lipinski definition) is 0. The smallest absolute Gasteiger partial charge is 0.0873 e. The summed E-state index contributed by atoms with van der Waals surface area (Å²) in [6.07, 6.45) is 1.87. The molecule has 0 aliphatic carbocycles. The van der Waals surface area contributed by atoms with Crippen molar-refractivity contribution in [2.75, 3.05) is 0 Å². The van der Waals surface area contributed by atoms with Crippen LogP contribution in [-0.4, -0.2) is 4.98 Å². The number of halogens is 1. The highest BCUT2D eigenvalue weighted by Crippen LogP contribution is 2.43. The van der Waals surface area contributed by atoms with Crippen LogP contribution in [0.1, 0.15) is 22.4 Å².